The van der Waals surface area contributed by atoms with Gasteiger partial charge in [0.25, 0.3) is 0 Å². The Morgan fingerprint density at radius 1 is 0.378 bits per heavy atom. The van der Waals surface area contributed by atoms with Crippen LogP contribution in [0.4, 0.5) is 34.1 Å². The highest BCUT2D eigenvalue weighted by molar-refractivity contribution is 5.86. The molecule has 1 saturated carbocycles. The highest BCUT2D eigenvalue weighted by Crippen LogP contribution is 2.68. The zero-order valence-electron chi connectivity index (χ0n) is 25.4. The van der Waals surface area contributed by atoms with Crippen molar-refractivity contribution in [1.82, 2.24) is 0 Å². The molecule has 0 aromatic heterocycles. The second-order valence-corrected chi connectivity index (χ2v) is 12.9. The third-order valence-electron chi connectivity index (χ3n) is 10.7. The average Bonchev–Trinajstić information content (AvgIpc) is 3.73. The molecule has 0 aliphatic heterocycles. The molecule has 6 aromatic carbocycles. The third kappa shape index (κ3) is 3.95. The molecule has 2 unspecified atom stereocenters. The van der Waals surface area contributed by atoms with E-state index in [4.69, 9.17) is 0 Å². The molecular weight excluding hydrogens is 544 g/mol. The van der Waals surface area contributed by atoms with Gasteiger partial charge in [-0.1, -0.05) is 97.1 Å². The lowest BCUT2D eigenvalue weighted by atomic mass is 9.68. The molecule has 1 spiro atoms. The van der Waals surface area contributed by atoms with Crippen LogP contribution in [0.3, 0.4) is 0 Å². The van der Waals surface area contributed by atoms with Gasteiger partial charge in [0.1, 0.15) is 0 Å². The summed E-state index contributed by atoms with van der Waals surface area (Å²) in [6.45, 7) is 0. The van der Waals surface area contributed by atoms with Crippen LogP contribution in [0, 0.1) is 11.8 Å². The molecule has 3 aliphatic rings. The topological polar surface area (TPSA) is 6.48 Å². The minimum atomic E-state index is -0.0402. The summed E-state index contributed by atoms with van der Waals surface area (Å²) in [6, 6.07) is 58.0. The number of benzene rings is 6. The zero-order valence-corrected chi connectivity index (χ0v) is 25.4. The van der Waals surface area contributed by atoms with Crippen molar-refractivity contribution >= 4 is 34.1 Å². The molecule has 1 fully saturated rings. The quantitative estimate of drug-likeness (QED) is 0.193. The number of anilines is 6. The number of hydrogen-bond acceptors (Lipinski definition) is 2. The number of fused-ring (bicyclic) bond motifs is 2. The Morgan fingerprint density at radius 2 is 0.711 bits per heavy atom. The summed E-state index contributed by atoms with van der Waals surface area (Å²) in [5, 5.41) is 0. The maximum absolute atomic E-state index is 2.51. The van der Waals surface area contributed by atoms with Gasteiger partial charge < -0.3 is 9.80 Å². The van der Waals surface area contributed by atoms with Crippen LogP contribution < -0.4 is 9.80 Å². The molecule has 2 atom stereocenters. The van der Waals surface area contributed by atoms with E-state index >= 15 is 0 Å². The number of hydrogen-bond donors (Lipinski definition) is 0. The monoisotopic (exact) mass is 580 g/mol. The predicted octanol–water partition coefficient (Wildman–Crippen LogP) is 11.1. The summed E-state index contributed by atoms with van der Waals surface area (Å²) in [4.78, 5) is 5.02. The van der Waals surface area contributed by atoms with Crippen molar-refractivity contribution in [2.45, 2.75) is 31.1 Å². The predicted molar refractivity (Wildman–Crippen MR) is 187 cm³/mol. The van der Waals surface area contributed by atoms with Crippen molar-refractivity contribution in [3.05, 3.63) is 180 Å². The zero-order chi connectivity index (χ0) is 29.8. The molecule has 0 saturated heterocycles. The lowest BCUT2D eigenvalue weighted by Gasteiger charge is -2.40. The van der Waals surface area contributed by atoms with Crippen LogP contribution in [0.25, 0.3) is 0 Å². The highest BCUT2D eigenvalue weighted by Gasteiger charge is 2.62. The molecule has 45 heavy (non-hydrogen) atoms. The van der Waals surface area contributed by atoms with Crippen LogP contribution in [0.1, 0.15) is 35.1 Å². The summed E-state index contributed by atoms with van der Waals surface area (Å²) in [5.74, 6) is 1.17. The lowest BCUT2D eigenvalue weighted by molar-refractivity contribution is 0.350. The van der Waals surface area contributed by atoms with Crippen molar-refractivity contribution < 1.29 is 0 Å². The number of para-hydroxylation sites is 4. The molecule has 2 heteroatoms. The van der Waals surface area contributed by atoms with Crippen LogP contribution in [-0.2, 0) is 18.3 Å². The summed E-state index contributed by atoms with van der Waals surface area (Å²) >= 11 is 0. The Kier molecular flexibility index (Phi) is 6.16. The SMILES string of the molecule is c1ccc(N(c2ccccc2)c2cccc3c2C24c5c(cccc5N(c5ccccc5)c5ccccc5)CC2CCC4C3)cc1. The molecule has 0 radical (unpaired) electrons. The fourth-order valence-electron chi connectivity index (χ4n) is 9.19. The first kappa shape index (κ1) is 26.3. The van der Waals surface area contributed by atoms with Crippen LogP contribution in [0.2, 0.25) is 0 Å². The second-order valence-electron chi connectivity index (χ2n) is 12.9. The van der Waals surface area contributed by atoms with Crippen LogP contribution in [0.5, 0.6) is 0 Å². The van der Waals surface area contributed by atoms with E-state index in [1.165, 1.54) is 58.1 Å². The first-order chi connectivity index (χ1) is 22.3. The van der Waals surface area contributed by atoms with Crippen LogP contribution in [0.15, 0.2) is 158 Å². The average molecular weight is 581 g/mol. The maximum Gasteiger partial charge on any atom is 0.0505 e. The summed E-state index contributed by atoms with van der Waals surface area (Å²) in [7, 11) is 0. The van der Waals surface area contributed by atoms with E-state index in [1.54, 1.807) is 11.1 Å². The molecular formula is C43H36N2. The smallest absolute Gasteiger partial charge is 0.0505 e. The molecule has 0 bridgehead atoms. The summed E-state index contributed by atoms with van der Waals surface area (Å²) in [6.07, 6.45) is 4.84. The molecule has 0 heterocycles. The van der Waals surface area contributed by atoms with E-state index in [1.807, 2.05) is 0 Å². The van der Waals surface area contributed by atoms with Gasteiger partial charge in [0.2, 0.25) is 0 Å². The van der Waals surface area contributed by atoms with Gasteiger partial charge in [-0.2, -0.15) is 0 Å². The van der Waals surface area contributed by atoms with Gasteiger partial charge in [-0.3, -0.25) is 0 Å². The fraction of sp³-hybridized carbons (Fsp3) is 0.163. The van der Waals surface area contributed by atoms with E-state index in [9.17, 15) is 0 Å². The van der Waals surface area contributed by atoms with E-state index in [2.05, 4.69) is 168 Å². The standard InChI is InChI=1S/C43H36N2/c1-5-17-35(18-6-1)44(36-19-7-2-8-20-36)39-25-13-15-31-29-33-27-28-34-30-32-16-14-26-40(42(32)43(33,34)41(31)39)45(37-21-9-3-10-22-37)38-23-11-4-12-24-38/h1-26,33-34H,27-30H2. The molecule has 9 rings (SSSR count). The van der Waals surface area contributed by atoms with Gasteiger partial charge in [0, 0.05) is 28.2 Å². The van der Waals surface area contributed by atoms with E-state index in [-0.39, 0.29) is 5.41 Å². The van der Waals surface area contributed by atoms with Crippen molar-refractivity contribution in [3.63, 3.8) is 0 Å². The first-order valence-corrected chi connectivity index (χ1v) is 16.4. The minimum Gasteiger partial charge on any atom is -0.310 e. The Hall–Kier alpha value is -5.08. The third-order valence-corrected chi connectivity index (χ3v) is 10.7. The minimum absolute atomic E-state index is 0.0402. The number of nitrogens with zero attached hydrogens (tertiary/aromatic N) is 2. The lowest BCUT2D eigenvalue weighted by Crippen LogP contribution is -2.34. The fourth-order valence-corrected chi connectivity index (χ4v) is 9.19. The van der Waals surface area contributed by atoms with Crippen LogP contribution >= 0.6 is 0 Å². The summed E-state index contributed by atoms with van der Waals surface area (Å²) in [5.41, 5.74) is 13.6. The highest BCUT2D eigenvalue weighted by atomic mass is 15.2. The second kappa shape index (κ2) is 10.5. The molecule has 3 aliphatic carbocycles. The van der Waals surface area contributed by atoms with Crippen molar-refractivity contribution in [2.24, 2.45) is 11.8 Å². The first-order valence-electron chi connectivity index (χ1n) is 16.4. The maximum atomic E-state index is 2.51. The number of rotatable bonds is 6. The molecule has 2 nitrogen and oxygen atoms in total. The van der Waals surface area contributed by atoms with E-state index < -0.39 is 0 Å². The van der Waals surface area contributed by atoms with Crippen molar-refractivity contribution in [2.75, 3.05) is 9.80 Å². The Bertz CT molecular complexity index is 1740. The van der Waals surface area contributed by atoms with Gasteiger partial charge in [-0.15, -0.1) is 0 Å². The largest absolute Gasteiger partial charge is 0.310 e. The van der Waals surface area contributed by atoms with Crippen LogP contribution in [-0.4, -0.2) is 0 Å². The van der Waals surface area contributed by atoms with Gasteiger partial charge in [-0.25, -0.2) is 0 Å². The Balaban J connectivity index is 1.33. The normalized spacial score (nSPS) is 20.6. The van der Waals surface area contributed by atoms with Gasteiger partial charge in [0.05, 0.1) is 11.4 Å². The van der Waals surface area contributed by atoms with Gasteiger partial charge >= 0.3 is 0 Å². The van der Waals surface area contributed by atoms with E-state index in [0.29, 0.717) is 11.8 Å². The van der Waals surface area contributed by atoms with Crippen molar-refractivity contribution in [1.29, 1.82) is 0 Å². The van der Waals surface area contributed by atoms with E-state index in [0.717, 1.165) is 12.8 Å². The summed E-state index contributed by atoms with van der Waals surface area (Å²) < 4.78 is 0. The molecule has 6 aromatic rings. The molecule has 0 amide bonds. The molecule has 218 valence electrons. The molecule has 0 N–H and O–H groups in total. The van der Waals surface area contributed by atoms with Gasteiger partial charge in [-0.05, 0) is 120 Å². The van der Waals surface area contributed by atoms with Gasteiger partial charge in [0.15, 0.2) is 0 Å². The van der Waals surface area contributed by atoms with Crippen molar-refractivity contribution in [3.8, 4) is 0 Å². The Morgan fingerprint density at radius 3 is 1.04 bits per heavy atom. The Labute approximate surface area is 266 Å².